The van der Waals surface area contributed by atoms with Crippen molar-refractivity contribution in [3.63, 3.8) is 0 Å². The Labute approximate surface area is 145 Å². The van der Waals surface area contributed by atoms with Crippen molar-refractivity contribution in [1.29, 1.82) is 0 Å². The van der Waals surface area contributed by atoms with Crippen LogP contribution in [0.3, 0.4) is 0 Å². The number of benzene rings is 2. The van der Waals surface area contributed by atoms with Gasteiger partial charge in [-0.2, -0.15) is 0 Å². The zero-order chi connectivity index (χ0) is 17.7. The van der Waals surface area contributed by atoms with E-state index in [0.29, 0.717) is 5.69 Å². The number of aromatic hydroxyl groups is 1. The average Bonchev–Trinajstić information content (AvgIpc) is 2.55. The van der Waals surface area contributed by atoms with Crippen LogP contribution in [0.1, 0.15) is 35.7 Å². The number of nitrogens with one attached hydrogen (secondary N) is 1. The van der Waals surface area contributed by atoms with Crippen molar-refractivity contribution < 1.29 is 19.4 Å². The molecule has 2 aromatic rings. The lowest BCUT2D eigenvalue weighted by Crippen LogP contribution is -2.21. The van der Waals surface area contributed by atoms with Gasteiger partial charge in [-0.3, -0.25) is 4.79 Å². The van der Waals surface area contributed by atoms with Crippen LogP contribution < -0.4 is 5.32 Å². The predicted molar refractivity (Wildman–Crippen MR) is 92.6 cm³/mol. The molecule has 5 nitrogen and oxygen atoms in total. The van der Waals surface area contributed by atoms with Crippen LogP contribution in [0.5, 0.6) is 5.75 Å². The summed E-state index contributed by atoms with van der Waals surface area (Å²) in [4.78, 5) is 23.9. The molecule has 0 saturated carbocycles. The number of hydrogen-bond donors (Lipinski definition) is 2. The molecule has 24 heavy (non-hydrogen) atoms. The predicted octanol–water partition coefficient (Wildman–Crippen LogP) is 3.96. The third-order valence-electron chi connectivity index (χ3n) is 3.37. The van der Waals surface area contributed by atoms with E-state index in [1.54, 1.807) is 6.07 Å². The molecule has 0 aliphatic rings. The topological polar surface area (TPSA) is 75.6 Å². The summed E-state index contributed by atoms with van der Waals surface area (Å²) in [5.74, 6) is -1.29. The standard InChI is InChI=1S/C18H18ClNO4/c1-11(2)13-5-3-4-6-15(13)20-17(22)10-24-18(23)14-9-12(19)7-8-16(14)21/h3-9,11,21H,10H2,1-2H3,(H,20,22). The molecule has 2 N–H and O–H groups in total. The van der Waals surface area contributed by atoms with E-state index in [4.69, 9.17) is 16.3 Å². The fourth-order valence-corrected chi connectivity index (χ4v) is 2.35. The van der Waals surface area contributed by atoms with Crippen molar-refractivity contribution in [3.8, 4) is 5.75 Å². The number of para-hydroxylation sites is 1. The molecule has 0 spiro atoms. The van der Waals surface area contributed by atoms with Crippen LogP contribution >= 0.6 is 11.6 Å². The van der Waals surface area contributed by atoms with Gasteiger partial charge in [0.2, 0.25) is 0 Å². The van der Waals surface area contributed by atoms with Gasteiger partial charge in [0.1, 0.15) is 11.3 Å². The molecule has 0 atom stereocenters. The van der Waals surface area contributed by atoms with Gasteiger partial charge in [-0.05, 0) is 35.7 Å². The third kappa shape index (κ3) is 4.49. The van der Waals surface area contributed by atoms with Crippen LogP contribution in [-0.2, 0) is 9.53 Å². The Morgan fingerprint density at radius 2 is 1.92 bits per heavy atom. The van der Waals surface area contributed by atoms with E-state index < -0.39 is 18.5 Å². The van der Waals surface area contributed by atoms with Gasteiger partial charge in [0, 0.05) is 10.7 Å². The number of rotatable bonds is 5. The van der Waals surface area contributed by atoms with Gasteiger partial charge in [0.05, 0.1) is 0 Å². The first-order valence-electron chi connectivity index (χ1n) is 7.43. The molecule has 0 aromatic heterocycles. The molecule has 0 aliphatic carbocycles. The van der Waals surface area contributed by atoms with E-state index in [9.17, 15) is 14.7 Å². The van der Waals surface area contributed by atoms with E-state index in [1.165, 1.54) is 18.2 Å². The largest absolute Gasteiger partial charge is 0.507 e. The Morgan fingerprint density at radius 1 is 1.21 bits per heavy atom. The minimum absolute atomic E-state index is 0.0853. The Hall–Kier alpha value is -2.53. The number of ether oxygens (including phenoxy) is 1. The number of halogens is 1. The van der Waals surface area contributed by atoms with Crippen molar-refractivity contribution in [2.45, 2.75) is 19.8 Å². The third-order valence-corrected chi connectivity index (χ3v) is 3.60. The first-order valence-corrected chi connectivity index (χ1v) is 7.80. The second kappa shape index (κ2) is 7.84. The zero-order valence-corrected chi connectivity index (χ0v) is 14.1. The fourth-order valence-electron chi connectivity index (χ4n) is 2.18. The molecule has 0 saturated heterocycles. The average molecular weight is 348 g/mol. The molecule has 0 aliphatic heterocycles. The summed E-state index contributed by atoms with van der Waals surface area (Å²) in [6, 6.07) is 11.4. The number of hydrogen-bond acceptors (Lipinski definition) is 4. The maximum atomic E-state index is 12.0. The lowest BCUT2D eigenvalue weighted by Gasteiger charge is -2.13. The van der Waals surface area contributed by atoms with E-state index in [1.807, 2.05) is 32.0 Å². The zero-order valence-electron chi connectivity index (χ0n) is 13.4. The molecule has 0 heterocycles. The molecule has 0 unspecified atom stereocenters. The van der Waals surface area contributed by atoms with Gasteiger partial charge in [-0.15, -0.1) is 0 Å². The monoisotopic (exact) mass is 347 g/mol. The van der Waals surface area contributed by atoms with Crippen LogP contribution in [0.15, 0.2) is 42.5 Å². The lowest BCUT2D eigenvalue weighted by atomic mass is 10.0. The SMILES string of the molecule is CC(C)c1ccccc1NC(=O)COC(=O)c1cc(Cl)ccc1O. The number of amides is 1. The van der Waals surface area contributed by atoms with Gasteiger partial charge >= 0.3 is 5.97 Å². The summed E-state index contributed by atoms with van der Waals surface area (Å²) in [6.07, 6.45) is 0. The number of phenolic OH excluding ortho intramolecular Hbond substituents is 1. The number of anilines is 1. The first kappa shape index (κ1) is 17.8. The summed E-state index contributed by atoms with van der Waals surface area (Å²) in [6.45, 7) is 3.58. The Kier molecular flexibility index (Phi) is 5.82. The number of phenols is 1. The lowest BCUT2D eigenvalue weighted by molar-refractivity contribution is -0.119. The molecular formula is C18H18ClNO4. The molecule has 0 radical (unpaired) electrons. The summed E-state index contributed by atoms with van der Waals surface area (Å²) < 4.78 is 4.93. The fraction of sp³-hybridized carbons (Fsp3) is 0.222. The second-order valence-electron chi connectivity index (χ2n) is 5.53. The summed E-state index contributed by atoms with van der Waals surface area (Å²) >= 11 is 5.78. The van der Waals surface area contributed by atoms with Crippen molar-refractivity contribution in [2.24, 2.45) is 0 Å². The van der Waals surface area contributed by atoms with Crippen LogP contribution in [0.2, 0.25) is 5.02 Å². The van der Waals surface area contributed by atoms with Crippen LogP contribution in [0.25, 0.3) is 0 Å². The Bertz CT molecular complexity index is 758. The second-order valence-corrected chi connectivity index (χ2v) is 5.96. The highest BCUT2D eigenvalue weighted by molar-refractivity contribution is 6.31. The highest BCUT2D eigenvalue weighted by Gasteiger charge is 2.16. The van der Waals surface area contributed by atoms with Gasteiger partial charge < -0.3 is 15.2 Å². The van der Waals surface area contributed by atoms with Crippen LogP contribution in [-0.4, -0.2) is 23.6 Å². The molecule has 2 aromatic carbocycles. The van der Waals surface area contributed by atoms with E-state index >= 15 is 0 Å². The summed E-state index contributed by atoms with van der Waals surface area (Å²) in [5, 5.41) is 12.7. The highest BCUT2D eigenvalue weighted by atomic mass is 35.5. The van der Waals surface area contributed by atoms with Gasteiger partial charge in [-0.1, -0.05) is 43.6 Å². The Balaban J connectivity index is 1.99. The van der Waals surface area contributed by atoms with E-state index in [0.717, 1.165) is 5.56 Å². The number of carbonyl (C=O) groups excluding carboxylic acids is 2. The van der Waals surface area contributed by atoms with Gasteiger partial charge in [0.15, 0.2) is 6.61 Å². The number of esters is 1. The molecule has 0 fully saturated rings. The maximum Gasteiger partial charge on any atom is 0.342 e. The van der Waals surface area contributed by atoms with Crippen molar-refractivity contribution in [1.82, 2.24) is 0 Å². The van der Waals surface area contributed by atoms with E-state index in [2.05, 4.69) is 5.32 Å². The molecule has 6 heteroatoms. The first-order chi connectivity index (χ1) is 11.4. The van der Waals surface area contributed by atoms with Crippen LogP contribution in [0.4, 0.5) is 5.69 Å². The van der Waals surface area contributed by atoms with E-state index in [-0.39, 0.29) is 22.3 Å². The normalized spacial score (nSPS) is 10.5. The molecule has 0 bridgehead atoms. The van der Waals surface area contributed by atoms with Gasteiger partial charge in [0.25, 0.3) is 5.91 Å². The van der Waals surface area contributed by atoms with Crippen LogP contribution in [0, 0.1) is 0 Å². The van der Waals surface area contributed by atoms with Crippen molar-refractivity contribution in [3.05, 3.63) is 58.6 Å². The molecule has 126 valence electrons. The smallest absolute Gasteiger partial charge is 0.342 e. The molecule has 2 rings (SSSR count). The molecular weight excluding hydrogens is 330 g/mol. The number of carbonyl (C=O) groups is 2. The van der Waals surface area contributed by atoms with Crippen molar-refractivity contribution in [2.75, 3.05) is 11.9 Å². The minimum atomic E-state index is -0.817. The maximum absolute atomic E-state index is 12.0. The van der Waals surface area contributed by atoms with Gasteiger partial charge in [-0.25, -0.2) is 4.79 Å². The van der Waals surface area contributed by atoms with Crippen molar-refractivity contribution >= 4 is 29.2 Å². The Morgan fingerprint density at radius 3 is 2.62 bits per heavy atom. The highest BCUT2D eigenvalue weighted by Crippen LogP contribution is 2.24. The summed E-state index contributed by atoms with van der Waals surface area (Å²) in [5.41, 5.74) is 1.58. The molecule has 1 amide bonds. The quantitative estimate of drug-likeness (QED) is 0.802. The minimum Gasteiger partial charge on any atom is -0.507 e. The summed E-state index contributed by atoms with van der Waals surface area (Å²) in [7, 11) is 0.